The van der Waals surface area contributed by atoms with Gasteiger partial charge >= 0.3 is 18.8 Å². The van der Waals surface area contributed by atoms with E-state index in [-0.39, 0.29) is 0 Å². The molecule has 0 amide bonds. The molecular weight excluding hydrogens is 279 g/mol. The van der Waals surface area contributed by atoms with Gasteiger partial charge in [-0.3, -0.25) is 0 Å². The Morgan fingerprint density at radius 1 is 1.08 bits per heavy atom. The number of alkyl halides is 7. The third-order valence-electron chi connectivity index (χ3n) is 0.642. The fourth-order valence-electron chi connectivity index (χ4n) is 0.201. The van der Waals surface area contributed by atoms with Gasteiger partial charge < -0.3 is 0 Å². The van der Waals surface area contributed by atoms with Crippen molar-refractivity contribution in [2.75, 3.05) is 0 Å². The van der Waals surface area contributed by atoms with Crippen molar-refractivity contribution in [1.82, 2.24) is 4.09 Å². The molecule has 0 fully saturated rings. The van der Waals surface area contributed by atoms with Gasteiger partial charge in [0.05, 0.1) is 16.1 Å². The summed E-state index contributed by atoms with van der Waals surface area (Å²) in [7, 11) is 0. The fourth-order valence-corrected chi connectivity index (χ4v) is 0.348. The van der Waals surface area contributed by atoms with Crippen LogP contribution in [0.25, 0.3) is 0 Å². The Kier molecular flexibility index (Phi) is 3.94. The lowest BCUT2D eigenvalue weighted by molar-refractivity contribution is -0.384. The fraction of sp³-hybridized carbons (Fsp3) is 1.00. The van der Waals surface area contributed by atoms with Crippen LogP contribution in [-0.4, -0.2) is 22.9 Å². The SMILES string of the molecule is FC(ON(Br)C(F)(F)F)C(F)(F)F. The summed E-state index contributed by atoms with van der Waals surface area (Å²) in [6.45, 7) is 0. The van der Waals surface area contributed by atoms with Crippen molar-refractivity contribution in [3.8, 4) is 0 Å². The van der Waals surface area contributed by atoms with Gasteiger partial charge in [-0.2, -0.15) is 26.3 Å². The first-order chi connectivity index (χ1) is 5.55. The topological polar surface area (TPSA) is 12.5 Å². The average molecular weight is 280 g/mol. The third-order valence-corrected chi connectivity index (χ3v) is 1.21. The number of hydroxylamine groups is 1. The van der Waals surface area contributed by atoms with Crippen molar-refractivity contribution in [3.05, 3.63) is 0 Å². The molecule has 0 bridgehead atoms. The lowest BCUT2D eigenvalue weighted by Gasteiger charge is -2.20. The van der Waals surface area contributed by atoms with Crippen LogP contribution in [0.2, 0.25) is 0 Å². The minimum absolute atomic E-state index is 1.35. The smallest absolute Gasteiger partial charge is 0.233 e. The molecule has 0 aliphatic carbocycles. The van der Waals surface area contributed by atoms with Gasteiger partial charge in [-0.15, -0.1) is 0 Å². The predicted molar refractivity (Wildman–Crippen MR) is 28.9 cm³/mol. The third kappa shape index (κ3) is 4.62. The Bertz CT molecular complexity index is 148. The van der Waals surface area contributed by atoms with Crippen LogP contribution in [0.1, 0.15) is 0 Å². The lowest BCUT2D eigenvalue weighted by Crippen LogP contribution is -2.37. The standard InChI is InChI=1S/C3HBrF7NO/c4-12(3(9,10)11)13-1(5)2(6,7)8/h1H. The van der Waals surface area contributed by atoms with Crippen molar-refractivity contribution >= 4 is 16.1 Å². The summed E-state index contributed by atoms with van der Waals surface area (Å²) in [6, 6.07) is 0. The van der Waals surface area contributed by atoms with Gasteiger partial charge in [0, 0.05) is 0 Å². The van der Waals surface area contributed by atoms with Crippen LogP contribution in [0, 0.1) is 0 Å². The van der Waals surface area contributed by atoms with Gasteiger partial charge in [0.1, 0.15) is 0 Å². The first-order valence-corrected chi connectivity index (χ1v) is 3.16. The van der Waals surface area contributed by atoms with Gasteiger partial charge in [0.25, 0.3) is 0 Å². The molecule has 0 aromatic heterocycles. The molecule has 0 saturated heterocycles. The maximum atomic E-state index is 11.8. The Labute approximate surface area is 75.5 Å². The van der Waals surface area contributed by atoms with E-state index >= 15 is 0 Å². The molecule has 0 radical (unpaired) electrons. The maximum Gasteiger partial charge on any atom is 0.493 e. The van der Waals surface area contributed by atoms with Crippen LogP contribution in [0.5, 0.6) is 0 Å². The Balaban J connectivity index is 4.15. The predicted octanol–water partition coefficient (Wildman–Crippen LogP) is 2.91. The normalized spacial score (nSPS) is 16.4. The molecule has 0 heterocycles. The molecule has 0 aliphatic rings. The van der Waals surface area contributed by atoms with Crippen LogP contribution < -0.4 is 0 Å². The zero-order chi connectivity index (χ0) is 10.9. The highest BCUT2D eigenvalue weighted by Crippen LogP contribution is 2.31. The minimum atomic E-state index is -5.50. The van der Waals surface area contributed by atoms with Crippen LogP contribution in [-0.2, 0) is 4.84 Å². The average Bonchev–Trinajstić information content (AvgIpc) is 1.82. The molecule has 10 heteroatoms. The number of rotatable bonds is 2. The summed E-state index contributed by atoms with van der Waals surface area (Å²) in [5.41, 5.74) is 0. The molecule has 2 nitrogen and oxygen atoms in total. The number of hydrogen-bond acceptors (Lipinski definition) is 2. The molecule has 0 rings (SSSR count). The van der Waals surface area contributed by atoms with E-state index in [0.29, 0.717) is 0 Å². The second-order valence-corrected chi connectivity index (χ2v) is 2.32. The molecule has 0 spiro atoms. The Hall–Kier alpha value is -0.0900. The maximum absolute atomic E-state index is 11.8. The van der Waals surface area contributed by atoms with E-state index in [9.17, 15) is 30.7 Å². The van der Waals surface area contributed by atoms with Crippen molar-refractivity contribution in [1.29, 1.82) is 0 Å². The molecule has 0 aliphatic heterocycles. The molecule has 0 saturated carbocycles. The van der Waals surface area contributed by atoms with Crippen molar-refractivity contribution < 1.29 is 35.6 Å². The zero-order valence-electron chi connectivity index (χ0n) is 5.46. The second kappa shape index (κ2) is 3.96. The first-order valence-electron chi connectivity index (χ1n) is 2.45. The number of hydrogen-bond donors (Lipinski definition) is 0. The van der Waals surface area contributed by atoms with E-state index in [2.05, 4.69) is 4.84 Å². The highest BCUT2D eigenvalue weighted by atomic mass is 79.9. The monoisotopic (exact) mass is 279 g/mol. The molecule has 1 unspecified atom stereocenters. The van der Waals surface area contributed by atoms with Crippen molar-refractivity contribution in [2.45, 2.75) is 18.8 Å². The van der Waals surface area contributed by atoms with E-state index in [1.54, 1.807) is 0 Å². The highest BCUT2D eigenvalue weighted by Gasteiger charge is 2.47. The van der Waals surface area contributed by atoms with Crippen molar-refractivity contribution in [2.24, 2.45) is 0 Å². The van der Waals surface area contributed by atoms with Crippen LogP contribution in [0.3, 0.4) is 0 Å². The molecular formula is C3HBrF7NO. The molecule has 13 heavy (non-hydrogen) atoms. The summed E-state index contributed by atoms with van der Waals surface area (Å²) in [5, 5.41) is 0. The van der Waals surface area contributed by atoms with Crippen LogP contribution >= 0.6 is 16.1 Å². The van der Waals surface area contributed by atoms with E-state index in [1.165, 1.54) is 16.1 Å². The summed E-state index contributed by atoms with van der Waals surface area (Å²) in [5.74, 6) is 0. The summed E-state index contributed by atoms with van der Waals surface area (Å²) < 4.78 is 78.5. The van der Waals surface area contributed by atoms with E-state index in [0.717, 1.165) is 0 Å². The van der Waals surface area contributed by atoms with Gasteiger partial charge in [-0.05, 0) is 4.09 Å². The van der Waals surface area contributed by atoms with Gasteiger partial charge in [-0.1, -0.05) is 0 Å². The number of halogens is 8. The van der Waals surface area contributed by atoms with Crippen molar-refractivity contribution in [3.63, 3.8) is 0 Å². The van der Waals surface area contributed by atoms with Crippen LogP contribution in [0.15, 0.2) is 0 Å². The number of nitrogens with zero attached hydrogens (tertiary/aromatic N) is 1. The lowest BCUT2D eigenvalue weighted by atomic mass is 10.7. The Morgan fingerprint density at radius 2 is 1.46 bits per heavy atom. The molecule has 0 N–H and O–H groups in total. The van der Waals surface area contributed by atoms with E-state index in [4.69, 9.17) is 0 Å². The molecule has 0 aromatic carbocycles. The quantitative estimate of drug-likeness (QED) is 0.334. The second-order valence-electron chi connectivity index (χ2n) is 1.68. The Morgan fingerprint density at radius 3 is 1.69 bits per heavy atom. The van der Waals surface area contributed by atoms with Crippen LogP contribution in [0.4, 0.5) is 30.7 Å². The first kappa shape index (κ1) is 12.9. The molecule has 80 valence electrons. The molecule has 1 atom stereocenters. The summed E-state index contributed by atoms with van der Waals surface area (Å²) in [4.78, 5) is 2.81. The van der Waals surface area contributed by atoms with Gasteiger partial charge in [0.2, 0.25) is 0 Å². The molecule has 0 aromatic rings. The minimum Gasteiger partial charge on any atom is -0.233 e. The highest BCUT2D eigenvalue weighted by molar-refractivity contribution is 9.07. The van der Waals surface area contributed by atoms with Gasteiger partial charge in [-0.25, -0.2) is 9.23 Å². The largest absolute Gasteiger partial charge is 0.493 e. The van der Waals surface area contributed by atoms with Gasteiger partial charge in [0.15, 0.2) is 0 Å². The zero-order valence-corrected chi connectivity index (χ0v) is 7.04. The summed E-state index contributed by atoms with van der Waals surface area (Å²) >= 11 is 1.54. The van der Waals surface area contributed by atoms with E-state index in [1.807, 2.05) is 0 Å². The summed E-state index contributed by atoms with van der Waals surface area (Å²) in [6.07, 6.45) is -14.8. The van der Waals surface area contributed by atoms with E-state index < -0.39 is 22.9 Å².